The van der Waals surface area contributed by atoms with Gasteiger partial charge in [0.25, 0.3) is 0 Å². The Kier molecular flexibility index (Phi) is 5.23. The van der Waals surface area contributed by atoms with Gasteiger partial charge in [0, 0.05) is 26.3 Å². The first-order valence-corrected chi connectivity index (χ1v) is 6.21. The van der Waals surface area contributed by atoms with Crippen LogP contribution in [0.4, 0.5) is 15.8 Å². The summed E-state index contributed by atoms with van der Waals surface area (Å²) < 4.78 is 18.4. The first kappa shape index (κ1) is 15.1. The van der Waals surface area contributed by atoms with Gasteiger partial charge in [-0.15, -0.1) is 0 Å². The van der Waals surface area contributed by atoms with E-state index in [1.54, 1.807) is 7.11 Å². The predicted octanol–water partition coefficient (Wildman–Crippen LogP) is 3.54. The summed E-state index contributed by atoms with van der Waals surface area (Å²) in [5.41, 5.74) is 6.84. The molecule has 0 amide bonds. The summed E-state index contributed by atoms with van der Waals surface area (Å²) >= 11 is 5.65. The second-order valence-electron chi connectivity index (χ2n) is 5.11. The summed E-state index contributed by atoms with van der Waals surface area (Å²) in [4.78, 5) is 0. The van der Waals surface area contributed by atoms with E-state index in [0.717, 1.165) is 6.42 Å². The maximum Gasteiger partial charge on any atom is 0.143 e. The topological polar surface area (TPSA) is 47.3 Å². The fourth-order valence-corrected chi connectivity index (χ4v) is 1.69. The smallest absolute Gasteiger partial charge is 0.143 e. The molecule has 0 saturated carbocycles. The molecule has 0 aliphatic carbocycles. The molecule has 0 atom stereocenters. The number of halogens is 2. The van der Waals surface area contributed by atoms with Crippen molar-refractivity contribution in [3.63, 3.8) is 0 Å². The lowest BCUT2D eigenvalue weighted by Crippen LogP contribution is -2.25. The number of nitrogens with one attached hydrogen (secondary N) is 1. The molecule has 0 heterocycles. The van der Waals surface area contributed by atoms with Gasteiger partial charge in [-0.25, -0.2) is 4.39 Å². The molecule has 0 spiro atoms. The number of hydrogen-bond acceptors (Lipinski definition) is 3. The van der Waals surface area contributed by atoms with Crippen LogP contribution in [0.2, 0.25) is 5.02 Å². The average molecular weight is 275 g/mol. The summed E-state index contributed by atoms with van der Waals surface area (Å²) in [6.45, 7) is 5.60. The molecule has 18 heavy (non-hydrogen) atoms. The third-order valence-corrected chi connectivity index (χ3v) is 3.12. The average Bonchev–Trinajstić information content (AvgIpc) is 2.30. The highest BCUT2D eigenvalue weighted by Gasteiger charge is 2.18. The zero-order valence-corrected chi connectivity index (χ0v) is 11.8. The van der Waals surface area contributed by atoms with Crippen LogP contribution in [0.1, 0.15) is 20.3 Å². The number of rotatable bonds is 6. The normalized spacial score (nSPS) is 11.6. The second kappa shape index (κ2) is 6.25. The fourth-order valence-electron chi connectivity index (χ4n) is 1.52. The summed E-state index contributed by atoms with van der Waals surface area (Å²) in [7, 11) is 1.68. The maximum absolute atomic E-state index is 13.3. The summed E-state index contributed by atoms with van der Waals surface area (Å²) in [6, 6.07) is 2.74. The van der Waals surface area contributed by atoms with E-state index >= 15 is 0 Å². The molecule has 0 fully saturated rings. The summed E-state index contributed by atoms with van der Waals surface area (Å²) in [6.07, 6.45) is 0.909. The second-order valence-corrected chi connectivity index (χ2v) is 5.52. The lowest BCUT2D eigenvalue weighted by molar-refractivity contribution is 0.157. The molecule has 3 nitrogen and oxygen atoms in total. The van der Waals surface area contributed by atoms with Crippen molar-refractivity contribution in [3.05, 3.63) is 23.0 Å². The Labute approximate surface area is 112 Å². The van der Waals surface area contributed by atoms with Crippen molar-refractivity contribution in [2.45, 2.75) is 20.3 Å². The molecule has 0 bridgehead atoms. The highest BCUT2D eigenvalue weighted by Crippen LogP contribution is 2.28. The molecule has 1 rings (SSSR count). The van der Waals surface area contributed by atoms with Crippen molar-refractivity contribution in [2.75, 3.05) is 31.3 Å². The predicted molar refractivity (Wildman–Crippen MR) is 74.6 cm³/mol. The largest absolute Gasteiger partial charge is 0.397 e. The maximum atomic E-state index is 13.3. The van der Waals surface area contributed by atoms with E-state index in [-0.39, 0.29) is 10.4 Å². The van der Waals surface area contributed by atoms with E-state index in [2.05, 4.69) is 19.2 Å². The molecule has 0 aromatic heterocycles. The summed E-state index contributed by atoms with van der Waals surface area (Å²) in [5.74, 6) is -0.469. The lowest BCUT2D eigenvalue weighted by Gasteiger charge is -2.25. The molecule has 3 N–H and O–H groups in total. The van der Waals surface area contributed by atoms with Crippen LogP contribution in [0.15, 0.2) is 12.1 Å². The number of methoxy groups -OCH3 is 1. The number of nitrogen functional groups attached to an aromatic ring is 1. The Morgan fingerprint density at radius 3 is 2.72 bits per heavy atom. The van der Waals surface area contributed by atoms with Gasteiger partial charge in [0.05, 0.1) is 16.4 Å². The Balaban J connectivity index is 2.66. The van der Waals surface area contributed by atoms with Crippen LogP contribution in [0.25, 0.3) is 0 Å². The van der Waals surface area contributed by atoms with Crippen molar-refractivity contribution < 1.29 is 9.13 Å². The van der Waals surface area contributed by atoms with Crippen LogP contribution < -0.4 is 11.1 Å². The Hall–Kier alpha value is -1.00. The summed E-state index contributed by atoms with van der Waals surface area (Å²) in [5, 5.41) is 3.19. The van der Waals surface area contributed by atoms with Gasteiger partial charge in [0.15, 0.2) is 0 Å². The van der Waals surface area contributed by atoms with E-state index in [0.29, 0.717) is 24.5 Å². The third kappa shape index (κ3) is 4.35. The highest BCUT2D eigenvalue weighted by atomic mass is 35.5. The van der Waals surface area contributed by atoms with Gasteiger partial charge in [0.1, 0.15) is 5.82 Å². The quantitative estimate of drug-likeness (QED) is 0.780. The third-order valence-electron chi connectivity index (χ3n) is 2.83. The minimum absolute atomic E-state index is 0.0386. The minimum atomic E-state index is -0.469. The molecule has 0 aliphatic rings. The number of hydrogen-bond donors (Lipinski definition) is 2. The van der Waals surface area contributed by atoms with Gasteiger partial charge in [0.2, 0.25) is 0 Å². The van der Waals surface area contributed by atoms with E-state index in [4.69, 9.17) is 22.1 Å². The minimum Gasteiger partial charge on any atom is -0.397 e. The Morgan fingerprint density at radius 1 is 1.44 bits per heavy atom. The van der Waals surface area contributed by atoms with Gasteiger partial charge < -0.3 is 15.8 Å². The molecule has 5 heteroatoms. The van der Waals surface area contributed by atoms with Crippen molar-refractivity contribution in [1.29, 1.82) is 0 Å². The van der Waals surface area contributed by atoms with Gasteiger partial charge in [-0.1, -0.05) is 25.4 Å². The Morgan fingerprint density at radius 2 is 2.11 bits per heavy atom. The molecular formula is C13H20ClFN2O. The van der Waals surface area contributed by atoms with Gasteiger partial charge >= 0.3 is 0 Å². The molecule has 1 aromatic carbocycles. The van der Waals surface area contributed by atoms with E-state index in [1.807, 2.05) is 0 Å². The molecule has 0 aliphatic heterocycles. The zero-order valence-electron chi connectivity index (χ0n) is 11.0. The van der Waals surface area contributed by atoms with Crippen LogP contribution in [0.5, 0.6) is 0 Å². The van der Waals surface area contributed by atoms with E-state index in [9.17, 15) is 4.39 Å². The number of benzene rings is 1. The Bertz CT molecular complexity index is 410. The zero-order chi connectivity index (χ0) is 13.8. The first-order chi connectivity index (χ1) is 8.35. The highest BCUT2D eigenvalue weighted by molar-refractivity contribution is 6.31. The number of nitrogens with two attached hydrogens (primary N) is 1. The van der Waals surface area contributed by atoms with Crippen molar-refractivity contribution >= 4 is 23.0 Å². The van der Waals surface area contributed by atoms with Gasteiger partial charge in [-0.05, 0) is 17.9 Å². The number of ether oxygens (including phenoxy) is 1. The van der Waals surface area contributed by atoms with Crippen molar-refractivity contribution in [2.24, 2.45) is 5.41 Å². The molecule has 1 aromatic rings. The van der Waals surface area contributed by atoms with E-state index in [1.165, 1.54) is 12.1 Å². The monoisotopic (exact) mass is 274 g/mol. The van der Waals surface area contributed by atoms with Crippen LogP contribution >= 0.6 is 11.6 Å². The lowest BCUT2D eigenvalue weighted by atomic mass is 9.89. The fraction of sp³-hybridized carbons (Fsp3) is 0.538. The van der Waals surface area contributed by atoms with Crippen molar-refractivity contribution in [1.82, 2.24) is 0 Å². The van der Waals surface area contributed by atoms with Gasteiger partial charge in [-0.2, -0.15) is 0 Å². The van der Waals surface area contributed by atoms with Gasteiger partial charge in [-0.3, -0.25) is 0 Å². The van der Waals surface area contributed by atoms with Crippen molar-refractivity contribution in [3.8, 4) is 0 Å². The molecule has 102 valence electrons. The molecule has 0 unspecified atom stereocenters. The van der Waals surface area contributed by atoms with Crippen LogP contribution in [-0.2, 0) is 4.74 Å². The standard InChI is InChI=1S/C13H20ClFN2O/c1-13(2,4-5-18-3)8-17-12-7-10(15)9(14)6-11(12)16/h6-7,17H,4-5,8,16H2,1-3H3. The molecule has 0 radical (unpaired) electrons. The van der Waals surface area contributed by atoms with E-state index < -0.39 is 5.82 Å². The van der Waals surface area contributed by atoms with Crippen LogP contribution in [-0.4, -0.2) is 20.3 Å². The number of anilines is 2. The SMILES string of the molecule is COCCC(C)(C)CNc1cc(F)c(Cl)cc1N. The molecular weight excluding hydrogens is 255 g/mol. The molecule has 0 saturated heterocycles. The van der Waals surface area contributed by atoms with Crippen LogP contribution in [0, 0.1) is 11.2 Å². The first-order valence-electron chi connectivity index (χ1n) is 5.83. The van der Waals surface area contributed by atoms with Crippen LogP contribution in [0.3, 0.4) is 0 Å².